The van der Waals surface area contributed by atoms with E-state index in [0.717, 1.165) is 30.5 Å². The van der Waals surface area contributed by atoms with Gasteiger partial charge in [-0.15, -0.1) is 0 Å². The van der Waals surface area contributed by atoms with Gasteiger partial charge in [0, 0.05) is 6.04 Å². The number of nitrogens with zero attached hydrogens (tertiary/aromatic N) is 1. The van der Waals surface area contributed by atoms with Crippen LogP contribution in [0.3, 0.4) is 0 Å². The number of nitrogens with one attached hydrogen (secondary N) is 3. The third-order valence-corrected chi connectivity index (χ3v) is 6.23. The van der Waals surface area contributed by atoms with Gasteiger partial charge in [-0.1, -0.05) is 40.7 Å². The predicted octanol–water partition coefficient (Wildman–Crippen LogP) is 5.07. The van der Waals surface area contributed by atoms with Crippen LogP contribution >= 0.6 is 0 Å². The van der Waals surface area contributed by atoms with Crippen molar-refractivity contribution in [2.24, 2.45) is 17.3 Å². The molecule has 1 aromatic heterocycles. The van der Waals surface area contributed by atoms with E-state index in [1.807, 2.05) is 0 Å². The lowest BCUT2D eigenvalue weighted by Crippen LogP contribution is -2.40. The van der Waals surface area contributed by atoms with Crippen molar-refractivity contribution in [3.05, 3.63) is 41.5 Å². The third kappa shape index (κ3) is 7.12. The highest BCUT2D eigenvalue weighted by Crippen LogP contribution is 2.41. The molecule has 7 nitrogen and oxygen atoms in total. The average Bonchev–Trinajstić information content (AvgIpc) is 3.20. The second-order valence-corrected chi connectivity index (χ2v) is 9.60. The number of ether oxygens (including phenoxy) is 1. The fourth-order valence-corrected chi connectivity index (χ4v) is 4.72. The number of hydrogen-bond acceptors (Lipinski definition) is 5. The highest BCUT2D eigenvalue weighted by molar-refractivity contribution is 6.07. The normalized spacial score (nSPS) is 20.4. The molecular weight excluding hydrogens is 423 g/mol. The van der Waals surface area contributed by atoms with Gasteiger partial charge in [-0.3, -0.25) is 14.7 Å². The number of anilines is 1. The molecule has 1 heterocycles. The Balaban J connectivity index is 0.000000245. The summed E-state index contributed by atoms with van der Waals surface area (Å²) in [5.41, 5.74) is 0.536. The molecule has 1 aliphatic rings. The largest absolute Gasteiger partial charge is 0.496 e. The van der Waals surface area contributed by atoms with Crippen LogP contribution in [0.2, 0.25) is 0 Å². The maximum absolute atomic E-state index is 13.7. The zero-order valence-electron chi connectivity index (χ0n) is 20.5. The second-order valence-electron chi connectivity index (χ2n) is 9.60. The summed E-state index contributed by atoms with van der Waals surface area (Å²) in [4.78, 5) is 22.7. The number of methoxy groups -OCH3 is 1. The van der Waals surface area contributed by atoms with Crippen LogP contribution in [-0.2, 0) is 0 Å². The van der Waals surface area contributed by atoms with Crippen LogP contribution in [0, 0.1) is 23.1 Å². The lowest BCUT2D eigenvalue weighted by molar-refractivity contribution is 0.101. The van der Waals surface area contributed by atoms with Crippen LogP contribution < -0.4 is 15.4 Å². The Morgan fingerprint density at radius 3 is 2.64 bits per heavy atom. The first kappa shape index (κ1) is 26.5. The highest BCUT2D eigenvalue weighted by atomic mass is 19.1. The molecule has 3 atom stereocenters. The minimum atomic E-state index is -0.723. The van der Waals surface area contributed by atoms with Crippen LogP contribution in [0.4, 0.5) is 10.1 Å². The van der Waals surface area contributed by atoms with Crippen molar-refractivity contribution < 1.29 is 18.7 Å². The van der Waals surface area contributed by atoms with E-state index in [-0.39, 0.29) is 22.7 Å². The molecule has 3 N–H and O–H groups in total. The number of carbonyl (C=O) groups excluding carboxylic acids is 2. The first-order chi connectivity index (χ1) is 15.6. The van der Waals surface area contributed by atoms with Gasteiger partial charge >= 0.3 is 0 Å². The first-order valence-electron chi connectivity index (χ1n) is 11.5. The molecule has 0 spiro atoms. The van der Waals surface area contributed by atoms with Gasteiger partial charge in [0.15, 0.2) is 6.29 Å². The molecule has 1 saturated carbocycles. The average molecular weight is 461 g/mol. The van der Waals surface area contributed by atoms with Crippen molar-refractivity contribution in [2.45, 2.75) is 59.9 Å². The van der Waals surface area contributed by atoms with Crippen molar-refractivity contribution in [1.82, 2.24) is 15.5 Å². The van der Waals surface area contributed by atoms with Crippen LogP contribution in [0.5, 0.6) is 5.75 Å². The SMILES string of the molecule is CCNC1CCC(C(C)(C)C)C(C)C1.COc1cccc(F)c1C(=O)Nc1cn[nH]c1C=O. The number of H-pyrrole nitrogens is 1. The van der Waals surface area contributed by atoms with Crippen molar-refractivity contribution in [1.29, 1.82) is 0 Å². The van der Waals surface area contributed by atoms with Gasteiger partial charge in [0.2, 0.25) is 0 Å². The van der Waals surface area contributed by atoms with Crippen molar-refractivity contribution in [3.63, 3.8) is 0 Å². The minimum absolute atomic E-state index is 0.101. The van der Waals surface area contributed by atoms with Crippen LogP contribution in [-0.4, -0.2) is 42.1 Å². The van der Waals surface area contributed by atoms with Gasteiger partial charge in [0.05, 0.1) is 19.0 Å². The Hall–Kier alpha value is -2.74. The molecule has 1 fully saturated rings. The molecular formula is C25H37FN4O3. The molecule has 3 rings (SSSR count). The van der Waals surface area contributed by atoms with Gasteiger partial charge < -0.3 is 15.4 Å². The van der Waals surface area contributed by atoms with Gasteiger partial charge in [0.25, 0.3) is 5.91 Å². The molecule has 0 radical (unpaired) electrons. The maximum Gasteiger partial charge on any atom is 0.262 e. The number of rotatable bonds is 6. The van der Waals surface area contributed by atoms with Gasteiger partial charge in [0.1, 0.15) is 22.8 Å². The van der Waals surface area contributed by atoms with E-state index in [4.69, 9.17) is 4.74 Å². The fourth-order valence-electron chi connectivity index (χ4n) is 4.72. The second kappa shape index (κ2) is 11.9. The number of amides is 1. The van der Waals surface area contributed by atoms with Crippen molar-refractivity contribution in [2.75, 3.05) is 19.0 Å². The zero-order valence-corrected chi connectivity index (χ0v) is 20.5. The van der Waals surface area contributed by atoms with Crippen LogP contribution in [0.15, 0.2) is 24.4 Å². The van der Waals surface area contributed by atoms with Gasteiger partial charge in [-0.2, -0.15) is 5.10 Å². The van der Waals surface area contributed by atoms with Crippen molar-refractivity contribution in [3.8, 4) is 5.75 Å². The molecule has 0 aliphatic heterocycles. The first-order valence-corrected chi connectivity index (χ1v) is 11.5. The maximum atomic E-state index is 13.7. The summed E-state index contributed by atoms with van der Waals surface area (Å²) in [5.74, 6) is 0.464. The Morgan fingerprint density at radius 1 is 1.33 bits per heavy atom. The molecule has 0 saturated heterocycles. The fraction of sp³-hybridized carbons (Fsp3) is 0.560. The van der Waals surface area contributed by atoms with Crippen LogP contribution in [0.25, 0.3) is 0 Å². The molecule has 1 amide bonds. The Morgan fingerprint density at radius 2 is 2.06 bits per heavy atom. The summed E-state index contributed by atoms with van der Waals surface area (Å²) in [6.45, 7) is 12.9. The summed E-state index contributed by atoms with van der Waals surface area (Å²) in [6.07, 6.45) is 5.91. The predicted molar refractivity (Wildman–Crippen MR) is 128 cm³/mol. The van der Waals surface area contributed by atoms with E-state index in [1.54, 1.807) is 0 Å². The lowest BCUT2D eigenvalue weighted by Gasteiger charge is -2.42. The molecule has 0 bridgehead atoms. The molecule has 33 heavy (non-hydrogen) atoms. The number of aldehydes is 1. The lowest BCUT2D eigenvalue weighted by atomic mass is 9.66. The van der Waals surface area contributed by atoms with E-state index in [0.29, 0.717) is 11.7 Å². The molecule has 182 valence electrons. The Bertz CT molecular complexity index is 923. The summed E-state index contributed by atoms with van der Waals surface area (Å²) in [6, 6.07) is 4.83. The van der Waals surface area contributed by atoms with E-state index < -0.39 is 11.7 Å². The van der Waals surface area contributed by atoms with Gasteiger partial charge in [-0.25, -0.2) is 4.39 Å². The monoisotopic (exact) mass is 460 g/mol. The van der Waals surface area contributed by atoms with E-state index >= 15 is 0 Å². The molecule has 2 aromatic rings. The Kier molecular flexibility index (Phi) is 9.58. The highest BCUT2D eigenvalue weighted by Gasteiger charge is 2.34. The number of aromatic amines is 1. The number of aromatic nitrogens is 2. The Labute approximate surface area is 195 Å². The third-order valence-electron chi connectivity index (χ3n) is 6.23. The molecule has 1 aliphatic carbocycles. The summed E-state index contributed by atoms with van der Waals surface area (Å²) in [7, 11) is 1.33. The number of carbonyl (C=O) groups is 2. The molecule has 1 aromatic carbocycles. The quantitative estimate of drug-likeness (QED) is 0.523. The molecule has 8 heteroatoms. The van der Waals surface area contributed by atoms with Crippen LogP contribution in [0.1, 0.15) is 74.7 Å². The molecule has 3 unspecified atom stereocenters. The topological polar surface area (TPSA) is 96.1 Å². The standard InChI is InChI=1S/C13H27N.C12H10FN3O3/c1-6-14-11-7-8-12(10(2)9-11)13(3,4)5;1-19-10-4-2-3-7(13)11(10)12(18)15-8-5-14-16-9(8)6-17/h10-12,14H,6-9H2,1-5H3;2-6H,1H3,(H,14,16)(H,15,18). The van der Waals surface area contributed by atoms with E-state index in [9.17, 15) is 14.0 Å². The zero-order chi connectivity index (χ0) is 24.6. The number of halogens is 1. The minimum Gasteiger partial charge on any atom is -0.496 e. The summed E-state index contributed by atoms with van der Waals surface area (Å²) < 4.78 is 18.6. The van der Waals surface area contributed by atoms with Crippen molar-refractivity contribution >= 4 is 17.9 Å². The number of benzene rings is 1. The van der Waals surface area contributed by atoms with E-state index in [1.165, 1.54) is 44.7 Å². The van der Waals surface area contributed by atoms with E-state index in [2.05, 4.69) is 55.4 Å². The smallest absolute Gasteiger partial charge is 0.262 e. The number of hydrogen-bond donors (Lipinski definition) is 3. The van der Waals surface area contributed by atoms with Gasteiger partial charge in [-0.05, 0) is 55.2 Å². The summed E-state index contributed by atoms with van der Waals surface area (Å²) >= 11 is 0. The summed E-state index contributed by atoms with van der Waals surface area (Å²) in [5, 5.41) is 12.0.